The number of nitrogens with zero attached hydrogens (tertiary/aromatic N) is 1. The zero-order valence-corrected chi connectivity index (χ0v) is 12.1. The van der Waals surface area contributed by atoms with Crippen molar-refractivity contribution in [2.24, 2.45) is 0 Å². The molecule has 5 heteroatoms. The van der Waals surface area contributed by atoms with E-state index in [1.807, 2.05) is 43.3 Å². The molecule has 0 spiro atoms. The van der Waals surface area contributed by atoms with E-state index in [2.05, 4.69) is 31.5 Å². The molecule has 0 saturated carbocycles. The molecule has 4 nitrogen and oxygen atoms in total. The lowest BCUT2D eigenvalue weighted by Crippen LogP contribution is -2.14. The molecule has 1 amide bonds. The van der Waals surface area contributed by atoms with Gasteiger partial charge in [0.15, 0.2) is 0 Å². The summed E-state index contributed by atoms with van der Waals surface area (Å²) in [5, 5.41) is 5.88. The molecule has 1 heterocycles. The largest absolute Gasteiger partial charge is 0.370 e. The Balaban J connectivity index is 2.11. The van der Waals surface area contributed by atoms with Crippen LogP contribution in [0.1, 0.15) is 17.4 Å². The van der Waals surface area contributed by atoms with E-state index in [0.717, 1.165) is 16.7 Å². The first-order valence-corrected chi connectivity index (χ1v) is 6.76. The van der Waals surface area contributed by atoms with Gasteiger partial charge in [-0.15, -0.1) is 0 Å². The molecule has 0 saturated heterocycles. The molecule has 2 N–H and O–H groups in total. The smallest absolute Gasteiger partial charge is 0.274 e. The second kappa shape index (κ2) is 6.33. The van der Waals surface area contributed by atoms with Crippen LogP contribution < -0.4 is 10.6 Å². The first-order valence-electron chi connectivity index (χ1n) is 5.97. The predicted octanol–water partition coefficient (Wildman–Crippen LogP) is 3.53. The number of hydrogen-bond acceptors (Lipinski definition) is 3. The molecule has 0 atom stereocenters. The van der Waals surface area contributed by atoms with Crippen LogP contribution in [-0.2, 0) is 0 Å². The van der Waals surface area contributed by atoms with Crippen LogP contribution in [0.5, 0.6) is 0 Å². The molecule has 98 valence electrons. The monoisotopic (exact) mass is 319 g/mol. The van der Waals surface area contributed by atoms with Crippen molar-refractivity contribution in [2.75, 3.05) is 17.2 Å². The van der Waals surface area contributed by atoms with Gasteiger partial charge in [-0.3, -0.25) is 4.79 Å². The highest BCUT2D eigenvalue weighted by molar-refractivity contribution is 9.10. The van der Waals surface area contributed by atoms with Crippen LogP contribution >= 0.6 is 15.9 Å². The van der Waals surface area contributed by atoms with Crippen LogP contribution in [0.15, 0.2) is 46.9 Å². The first kappa shape index (κ1) is 13.5. The highest BCUT2D eigenvalue weighted by atomic mass is 79.9. The normalized spacial score (nSPS) is 10.0. The first-order chi connectivity index (χ1) is 9.19. The topological polar surface area (TPSA) is 54.0 Å². The molecule has 0 aliphatic rings. The Hall–Kier alpha value is -1.88. The minimum Gasteiger partial charge on any atom is -0.370 e. The number of nitrogens with one attached hydrogen (secondary N) is 2. The Morgan fingerprint density at radius 2 is 1.95 bits per heavy atom. The summed E-state index contributed by atoms with van der Waals surface area (Å²) in [5.74, 6) is 0.480. The summed E-state index contributed by atoms with van der Waals surface area (Å²) >= 11 is 3.35. The molecule has 2 rings (SSSR count). The Morgan fingerprint density at radius 1 is 1.21 bits per heavy atom. The van der Waals surface area contributed by atoms with Crippen molar-refractivity contribution in [3.63, 3.8) is 0 Å². The fraction of sp³-hybridized carbons (Fsp3) is 0.143. The number of benzene rings is 1. The fourth-order valence-electron chi connectivity index (χ4n) is 1.57. The van der Waals surface area contributed by atoms with Gasteiger partial charge in [-0.2, -0.15) is 0 Å². The number of halogens is 1. The molecule has 0 unspecified atom stereocenters. The molecule has 0 radical (unpaired) electrons. The van der Waals surface area contributed by atoms with Gasteiger partial charge in [-0.05, 0) is 43.3 Å². The molecule has 0 aliphatic carbocycles. The zero-order valence-electron chi connectivity index (χ0n) is 10.5. The van der Waals surface area contributed by atoms with Gasteiger partial charge in [-0.25, -0.2) is 4.98 Å². The second-order valence-corrected chi connectivity index (χ2v) is 4.82. The lowest BCUT2D eigenvalue weighted by atomic mass is 10.3. The zero-order chi connectivity index (χ0) is 13.7. The molecular weight excluding hydrogens is 306 g/mol. The third-order valence-corrected chi connectivity index (χ3v) is 2.97. The summed E-state index contributed by atoms with van der Waals surface area (Å²) in [7, 11) is 0. The number of aromatic nitrogens is 1. The fourth-order valence-corrected chi connectivity index (χ4v) is 1.83. The number of amides is 1. The van der Waals surface area contributed by atoms with Crippen molar-refractivity contribution in [3.8, 4) is 0 Å². The van der Waals surface area contributed by atoms with Crippen LogP contribution in [0, 0.1) is 0 Å². The van der Waals surface area contributed by atoms with Gasteiger partial charge in [0.1, 0.15) is 11.5 Å². The number of carbonyl (C=O) groups excluding carboxylic acids is 1. The van der Waals surface area contributed by atoms with Crippen LogP contribution in [0.25, 0.3) is 0 Å². The minimum absolute atomic E-state index is 0.220. The molecular formula is C14H14BrN3O. The Kier molecular flexibility index (Phi) is 4.52. The summed E-state index contributed by atoms with van der Waals surface area (Å²) in [5.41, 5.74) is 1.13. The molecule has 2 aromatic rings. The van der Waals surface area contributed by atoms with Gasteiger partial charge in [-0.1, -0.05) is 22.0 Å². The standard InChI is InChI=1S/C14H14BrN3O/c1-2-16-13-5-3-4-12(18-13)14(19)17-11-8-6-10(15)7-9-11/h3-9H,2H2,1H3,(H,16,18)(H,17,19). The maximum Gasteiger partial charge on any atom is 0.274 e. The summed E-state index contributed by atoms with van der Waals surface area (Å²) in [6.45, 7) is 2.75. The number of hydrogen-bond donors (Lipinski definition) is 2. The maximum atomic E-state index is 12.0. The van der Waals surface area contributed by atoms with Crippen LogP contribution in [0.4, 0.5) is 11.5 Å². The van der Waals surface area contributed by atoms with Crippen molar-refractivity contribution >= 4 is 33.3 Å². The average molecular weight is 320 g/mol. The van der Waals surface area contributed by atoms with Crippen LogP contribution in [0.2, 0.25) is 0 Å². The highest BCUT2D eigenvalue weighted by Gasteiger charge is 2.08. The van der Waals surface area contributed by atoms with E-state index in [1.165, 1.54) is 0 Å². The van der Waals surface area contributed by atoms with Crippen LogP contribution in [0.3, 0.4) is 0 Å². The summed E-state index contributed by atoms with van der Waals surface area (Å²) in [6.07, 6.45) is 0. The van der Waals surface area contributed by atoms with E-state index in [0.29, 0.717) is 11.5 Å². The quantitative estimate of drug-likeness (QED) is 0.906. The summed E-state index contributed by atoms with van der Waals surface area (Å²) in [6, 6.07) is 12.7. The third kappa shape index (κ3) is 3.79. The maximum absolute atomic E-state index is 12.0. The average Bonchev–Trinajstić information content (AvgIpc) is 2.42. The van der Waals surface area contributed by atoms with E-state index in [-0.39, 0.29) is 5.91 Å². The molecule has 0 fully saturated rings. The van der Waals surface area contributed by atoms with Crippen LogP contribution in [-0.4, -0.2) is 17.4 Å². The number of carbonyl (C=O) groups is 1. The predicted molar refractivity (Wildman–Crippen MR) is 80.5 cm³/mol. The minimum atomic E-state index is -0.220. The van der Waals surface area contributed by atoms with E-state index < -0.39 is 0 Å². The molecule has 0 bridgehead atoms. The van der Waals surface area contributed by atoms with Crippen molar-refractivity contribution < 1.29 is 4.79 Å². The van der Waals surface area contributed by atoms with Gasteiger partial charge in [0, 0.05) is 16.7 Å². The second-order valence-electron chi connectivity index (χ2n) is 3.90. The van der Waals surface area contributed by atoms with Crippen molar-refractivity contribution in [1.29, 1.82) is 0 Å². The van der Waals surface area contributed by atoms with E-state index >= 15 is 0 Å². The third-order valence-electron chi connectivity index (χ3n) is 2.44. The molecule has 1 aromatic carbocycles. The Bertz CT molecular complexity index is 569. The number of pyridine rings is 1. The van der Waals surface area contributed by atoms with E-state index in [4.69, 9.17) is 0 Å². The Morgan fingerprint density at radius 3 is 2.63 bits per heavy atom. The van der Waals surface area contributed by atoms with Gasteiger partial charge in [0.25, 0.3) is 5.91 Å². The van der Waals surface area contributed by atoms with E-state index in [1.54, 1.807) is 6.07 Å². The van der Waals surface area contributed by atoms with Crippen molar-refractivity contribution in [3.05, 3.63) is 52.6 Å². The summed E-state index contributed by atoms with van der Waals surface area (Å²) in [4.78, 5) is 16.3. The van der Waals surface area contributed by atoms with Gasteiger partial charge in [0.2, 0.25) is 0 Å². The molecule has 1 aromatic heterocycles. The highest BCUT2D eigenvalue weighted by Crippen LogP contribution is 2.15. The van der Waals surface area contributed by atoms with Crippen molar-refractivity contribution in [1.82, 2.24) is 4.98 Å². The lowest BCUT2D eigenvalue weighted by Gasteiger charge is -2.07. The summed E-state index contributed by atoms with van der Waals surface area (Å²) < 4.78 is 0.970. The molecule has 19 heavy (non-hydrogen) atoms. The number of rotatable bonds is 4. The number of anilines is 2. The van der Waals surface area contributed by atoms with E-state index in [9.17, 15) is 4.79 Å². The van der Waals surface area contributed by atoms with Crippen molar-refractivity contribution in [2.45, 2.75) is 6.92 Å². The van der Waals surface area contributed by atoms with Gasteiger partial charge in [0.05, 0.1) is 0 Å². The van der Waals surface area contributed by atoms with Gasteiger partial charge >= 0.3 is 0 Å². The Labute approximate surface area is 120 Å². The SMILES string of the molecule is CCNc1cccc(C(=O)Nc2ccc(Br)cc2)n1. The van der Waals surface area contributed by atoms with Gasteiger partial charge < -0.3 is 10.6 Å². The molecule has 0 aliphatic heterocycles. The lowest BCUT2D eigenvalue weighted by molar-refractivity contribution is 0.102.